The summed E-state index contributed by atoms with van der Waals surface area (Å²) in [6.45, 7) is 0. The number of hydrazone groups is 1. The first-order valence-corrected chi connectivity index (χ1v) is 9.70. The molecule has 0 aliphatic carbocycles. The molecule has 0 spiro atoms. The van der Waals surface area contributed by atoms with Crippen LogP contribution in [0.4, 0.5) is 17.2 Å². The Morgan fingerprint density at radius 2 is 1.89 bits per heavy atom. The van der Waals surface area contributed by atoms with Crippen LogP contribution in [0.2, 0.25) is 5.02 Å². The lowest BCUT2D eigenvalue weighted by molar-refractivity contribution is -0.385. The van der Waals surface area contributed by atoms with Crippen LogP contribution in [0.5, 0.6) is 0 Å². The van der Waals surface area contributed by atoms with E-state index in [1.54, 1.807) is 0 Å². The lowest BCUT2D eigenvalue weighted by Gasteiger charge is -2.05. The molecule has 0 aliphatic rings. The van der Waals surface area contributed by atoms with Crippen molar-refractivity contribution >= 4 is 40.9 Å². The SMILES string of the molecule is Nc1nonc1-n1nnc(C(=O)NN=Cc2ccc(Cl)c([N+](=O)[O-])c2)c1-c1ccc([N+](=O)[O-])cc1. The number of nitrogens with two attached hydrogens (primary N) is 1. The molecular weight excluding hydrogens is 488 g/mol. The number of nitrogens with zero attached hydrogens (tertiary/aromatic N) is 8. The first-order valence-electron chi connectivity index (χ1n) is 9.32. The van der Waals surface area contributed by atoms with Crippen LogP contribution in [-0.2, 0) is 0 Å². The van der Waals surface area contributed by atoms with Gasteiger partial charge in [-0.25, -0.2) is 10.1 Å². The van der Waals surface area contributed by atoms with E-state index >= 15 is 0 Å². The summed E-state index contributed by atoms with van der Waals surface area (Å²) in [4.78, 5) is 33.6. The van der Waals surface area contributed by atoms with Crippen molar-refractivity contribution in [1.29, 1.82) is 0 Å². The van der Waals surface area contributed by atoms with Crippen molar-refractivity contribution in [1.82, 2.24) is 30.7 Å². The van der Waals surface area contributed by atoms with Gasteiger partial charge in [0.05, 0.1) is 16.1 Å². The topological polar surface area (TPSA) is 223 Å². The normalized spacial score (nSPS) is 11.0. The number of carbonyl (C=O) groups excluding carboxylic acids is 1. The number of benzene rings is 2. The van der Waals surface area contributed by atoms with Crippen molar-refractivity contribution in [2.45, 2.75) is 0 Å². The lowest BCUT2D eigenvalue weighted by atomic mass is 10.1. The number of carbonyl (C=O) groups is 1. The number of rotatable bonds is 7. The number of nitro groups is 2. The highest BCUT2D eigenvalue weighted by atomic mass is 35.5. The highest BCUT2D eigenvalue weighted by molar-refractivity contribution is 6.32. The van der Waals surface area contributed by atoms with Gasteiger partial charge in [-0.15, -0.1) is 5.10 Å². The molecule has 16 nitrogen and oxygen atoms in total. The Labute approximate surface area is 198 Å². The zero-order chi connectivity index (χ0) is 25.1. The van der Waals surface area contributed by atoms with Gasteiger partial charge in [-0.1, -0.05) is 22.9 Å². The molecule has 176 valence electrons. The number of amides is 1. The second kappa shape index (κ2) is 9.32. The average Bonchev–Trinajstić information content (AvgIpc) is 3.45. The average molecular weight is 499 g/mol. The summed E-state index contributed by atoms with van der Waals surface area (Å²) < 4.78 is 5.65. The van der Waals surface area contributed by atoms with Crippen LogP contribution in [0.3, 0.4) is 0 Å². The maximum Gasteiger partial charge on any atom is 0.294 e. The second-order valence-corrected chi connectivity index (χ2v) is 7.05. The minimum absolute atomic E-state index is 0.0536. The molecule has 17 heteroatoms. The number of anilines is 1. The van der Waals surface area contributed by atoms with Crippen molar-refractivity contribution < 1.29 is 19.3 Å². The standard InChI is InChI=1S/C18H11ClN10O6/c19-12-6-1-9(7-13(12)29(33)34)8-21-23-18(30)14-15(10-2-4-11(5-3-10)28(31)32)27(26-22-14)17-16(20)24-35-25-17/h1-8H,(H2,20,24)(H,23,30). The molecule has 0 fully saturated rings. The van der Waals surface area contributed by atoms with E-state index in [0.717, 1.165) is 10.9 Å². The van der Waals surface area contributed by atoms with Crippen LogP contribution in [0.1, 0.15) is 16.1 Å². The predicted molar refractivity (Wildman–Crippen MR) is 119 cm³/mol. The molecule has 0 saturated carbocycles. The number of halogens is 1. The van der Waals surface area contributed by atoms with Crippen molar-refractivity contribution in [2.75, 3.05) is 5.73 Å². The van der Waals surface area contributed by atoms with Gasteiger partial charge in [-0.05, 0) is 28.5 Å². The number of aromatic nitrogens is 5. The molecule has 2 heterocycles. The van der Waals surface area contributed by atoms with Gasteiger partial charge < -0.3 is 5.73 Å². The quantitative estimate of drug-likeness (QED) is 0.213. The molecule has 0 atom stereocenters. The van der Waals surface area contributed by atoms with E-state index < -0.39 is 15.8 Å². The van der Waals surface area contributed by atoms with Gasteiger partial charge in [0.2, 0.25) is 11.6 Å². The van der Waals surface area contributed by atoms with Gasteiger partial charge >= 0.3 is 0 Å². The minimum atomic E-state index is -0.820. The summed E-state index contributed by atoms with van der Waals surface area (Å²) >= 11 is 5.78. The summed E-state index contributed by atoms with van der Waals surface area (Å²) in [5.74, 6) is -1.03. The van der Waals surface area contributed by atoms with Gasteiger partial charge in [0.25, 0.3) is 17.3 Å². The van der Waals surface area contributed by atoms with Crippen LogP contribution >= 0.6 is 11.6 Å². The van der Waals surface area contributed by atoms with Crippen molar-refractivity contribution in [3.05, 3.63) is 79.0 Å². The number of hydrogen-bond donors (Lipinski definition) is 2. The third kappa shape index (κ3) is 4.62. The molecule has 3 N–H and O–H groups in total. The van der Waals surface area contributed by atoms with E-state index in [9.17, 15) is 25.0 Å². The molecule has 0 radical (unpaired) electrons. The molecule has 35 heavy (non-hydrogen) atoms. The maximum absolute atomic E-state index is 12.8. The Kier molecular flexibility index (Phi) is 6.10. The van der Waals surface area contributed by atoms with Gasteiger partial charge in [0.1, 0.15) is 10.7 Å². The van der Waals surface area contributed by atoms with E-state index in [2.05, 4.69) is 35.8 Å². The van der Waals surface area contributed by atoms with Gasteiger partial charge in [0.15, 0.2) is 5.69 Å². The molecule has 0 unspecified atom stereocenters. The van der Waals surface area contributed by atoms with Crippen LogP contribution in [-0.4, -0.2) is 47.3 Å². The van der Waals surface area contributed by atoms with Crippen molar-refractivity contribution in [3.63, 3.8) is 0 Å². The molecule has 0 bridgehead atoms. The maximum atomic E-state index is 12.8. The smallest absolute Gasteiger partial charge is 0.294 e. The molecule has 4 rings (SSSR count). The van der Waals surface area contributed by atoms with Crippen LogP contribution in [0.15, 0.2) is 52.2 Å². The van der Waals surface area contributed by atoms with Crippen LogP contribution < -0.4 is 11.2 Å². The Morgan fingerprint density at radius 1 is 1.14 bits per heavy atom. The number of hydrogen-bond acceptors (Lipinski definition) is 12. The Balaban J connectivity index is 1.67. The lowest BCUT2D eigenvalue weighted by Crippen LogP contribution is -2.19. The third-order valence-electron chi connectivity index (χ3n) is 4.48. The largest absolute Gasteiger partial charge is 0.378 e. The first kappa shape index (κ1) is 22.9. The fraction of sp³-hybridized carbons (Fsp3) is 0. The molecule has 0 saturated heterocycles. The Morgan fingerprint density at radius 3 is 2.51 bits per heavy atom. The van der Waals surface area contributed by atoms with E-state index in [-0.39, 0.29) is 39.4 Å². The van der Waals surface area contributed by atoms with Gasteiger partial charge in [0, 0.05) is 29.3 Å². The van der Waals surface area contributed by atoms with E-state index in [4.69, 9.17) is 17.3 Å². The third-order valence-corrected chi connectivity index (χ3v) is 4.80. The highest BCUT2D eigenvalue weighted by Gasteiger charge is 2.25. The van der Waals surface area contributed by atoms with Gasteiger partial charge in [-0.2, -0.15) is 9.78 Å². The highest BCUT2D eigenvalue weighted by Crippen LogP contribution is 2.28. The summed E-state index contributed by atoms with van der Waals surface area (Å²) in [6, 6.07) is 9.17. The summed E-state index contributed by atoms with van der Waals surface area (Å²) in [7, 11) is 0. The zero-order valence-corrected chi connectivity index (χ0v) is 17.9. The van der Waals surface area contributed by atoms with E-state index in [1.807, 2.05) is 0 Å². The van der Waals surface area contributed by atoms with E-state index in [1.165, 1.54) is 42.5 Å². The molecule has 0 aliphatic heterocycles. The van der Waals surface area contributed by atoms with Crippen LogP contribution in [0, 0.1) is 20.2 Å². The molecule has 2 aromatic carbocycles. The van der Waals surface area contributed by atoms with Crippen LogP contribution in [0.25, 0.3) is 17.1 Å². The predicted octanol–water partition coefficient (Wildman–Crippen LogP) is 2.13. The fourth-order valence-corrected chi connectivity index (χ4v) is 3.08. The molecule has 1 amide bonds. The minimum Gasteiger partial charge on any atom is -0.378 e. The zero-order valence-electron chi connectivity index (χ0n) is 17.1. The summed E-state index contributed by atoms with van der Waals surface area (Å²) in [6.07, 6.45) is 1.16. The Bertz CT molecular complexity index is 1480. The first-order chi connectivity index (χ1) is 16.8. The molecular formula is C18H11ClN10O6. The Hall–Kier alpha value is -5.25. The number of nitro benzene ring substituents is 2. The second-order valence-electron chi connectivity index (χ2n) is 6.64. The van der Waals surface area contributed by atoms with Crippen molar-refractivity contribution in [2.24, 2.45) is 5.10 Å². The number of nitrogen functional groups attached to an aromatic ring is 1. The monoisotopic (exact) mass is 498 g/mol. The molecule has 2 aromatic heterocycles. The molecule has 4 aromatic rings. The fourth-order valence-electron chi connectivity index (χ4n) is 2.89. The number of nitrogens with one attached hydrogen (secondary N) is 1. The summed E-state index contributed by atoms with van der Waals surface area (Å²) in [5.41, 5.74) is 7.90. The van der Waals surface area contributed by atoms with Crippen molar-refractivity contribution in [3.8, 4) is 17.1 Å². The summed E-state index contributed by atoms with van der Waals surface area (Å²) in [5, 5.41) is 40.5. The number of non-ortho nitro benzene ring substituents is 1. The van der Waals surface area contributed by atoms with E-state index in [0.29, 0.717) is 11.1 Å². The van der Waals surface area contributed by atoms with Gasteiger partial charge in [-0.3, -0.25) is 25.0 Å².